The van der Waals surface area contributed by atoms with Crippen molar-refractivity contribution < 1.29 is 23.5 Å². The summed E-state index contributed by atoms with van der Waals surface area (Å²) in [5.41, 5.74) is 1.58. The third kappa shape index (κ3) is 3.79. The van der Waals surface area contributed by atoms with Gasteiger partial charge in [0.2, 0.25) is 0 Å². The summed E-state index contributed by atoms with van der Waals surface area (Å²) < 4.78 is 23.3. The SMILES string of the molecule is COC(=O)CC1Oc2ccccc2N(CCc2ccc(F)cc2)C1=O. The van der Waals surface area contributed by atoms with Crippen LogP contribution in [0.2, 0.25) is 0 Å². The standard InChI is InChI=1S/C19H18FNO4/c1-24-18(22)12-17-19(23)21(15-4-2-3-5-16(15)25-17)11-10-13-6-8-14(20)9-7-13/h2-9,17H,10-12H2,1H3. The van der Waals surface area contributed by atoms with Gasteiger partial charge in [0.1, 0.15) is 11.6 Å². The van der Waals surface area contributed by atoms with Gasteiger partial charge in [-0.05, 0) is 36.2 Å². The number of anilines is 1. The number of benzene rings is 2. The summed E-state index contributed by atoms with van der Waals surface area (Å²) in [6.07, 6.45) is -0.488. The molecule has 0 saturated heterocycles. The monoisotopic (exact) mass is 343 g/mol. The van der Waals surface area contributed by atoms with Crippen molar-refractivity contribution in [2.75, 3.05) is 18.6 Å². The summed E-state index contributed by atoms with van der Waals surface area (Å²) in [4.78, 5) is 25.9. The van der Waals surface area contributed by atoms with Gasteiger partial charge in [0, 0.05) is 6.54 Å². The molecule has 0 aromatic heterocycles. The molecule has 0 saturated carbocycles. The molecule has 2 aromatic rings. The van der Waals surface area contributed by atoms with Crippen LogP contribution in [0.1, 0.15) is 12.0 Å². The lowest BCUT2D eigenvalue weighted by Crippen LogP contribution is -2.47. The van der Waals surface area contributed by atoms with Crippen LogP contribution in [0.5, 0.6) is 5.75 Å². The molecule has 5 nitrogen and oxygen atoms in total. The number of nitrogens with zero attached hydrogens (tertiary/aromatic N) is 1. The van der Waals surface area contributed by atoms with E-state index in [4.69, 9.17) is 4.74 Å². The zero-order chi connectivity index (χ0) is 17.8. The van der Waals surface area contributed by atoms with Crippen molar-refractivity contribution in [3.05, 3.63) is 59.9 Å². The Morgan fingerprint density at radius 3 is 2.64 bits per heavy atom. The zero-order valence-corrected chi connectivity index (χ0v) is 13.8. The van der Waals surface area contributed by atoms with E-state index in [-0.39, 0.29) is 18.1 Å². The van der Waals surface area contributed by atoms with Gasteiger partial charge in [-0.3, -0.25) is 9.59 Å². The predicted molar refractivity (Wildman–Crippen MR) is 89.9 cm³/mol. The van der Waals surface area contributed by atoms with Crippen molar-refractivity contribution >= 4 is 17.6 Å². The van der Waals surface area contributed by atoms with Gasteiger partial charge in [0.05, 0.1) is 19.2 Å². The minimum atomic E-state index is -0.907. The summed E-state index contributed by atoms with van der Waals surface area (Å²) in [5, 5.41) is 0. The molecule has 1 atom stereocenters. The number of halogens is 1. The number of carbonyl (C=O) groups excluding carboxylic acids is 2. The molecule has 3 rings (SSSR count). The van der Waals surface area contributed by atoms with Gasteiger partial charge in [-0.15, -0.1) is 0 Å². The fourth-order valence-corrected chi connectivity index (χ4v) is 2.76. The van der Waals surface area contributed by atoms with Crippen LogP contribution >= 0.6 is 0 Å². The largest absolute Gasteiger partial charge is 0.478 e. The Bertz CT molecular complexity index is 775. The summed E-state index contributed by atoms with van der Waals surface area (Å²) in [6.45, 7) is 0.405. The van der Waals surface area contributed by atoms with E-state index in [9.17, 15) is 14.0 Å². The zero-order valence-electron chi connectivity index (χ0n) is 13.8. The first-order valence-corrected chi connectivity index (χ1v) is 7.97. The van der Waals surface area contributed by atoms with Crippen molar-refractivity contribution in [2.24, 2.45) is 0 Å². The van der Waals surface area contributed by atoms with Gasteiger partial charge in [0.25, 0.3) is 5.91 Å². The molecule has 1 unspecified atom stereocenters. The van der Waals surface area contributed by atoms with Crippen LogP contribution in [-0.4, -0.2) is 31.6 Å². The fraction of sp³-hybridized carbons (Fsp3) is 0.263. The van der Waals surface area contributed by atoms with Crippen LogP contribution < -0.4 is 9.64 Å². The molecule has 1 aliphatic rings. The Kier molecular flexibility index (Phi) is 4.97. The van der Waals surface area contributed by atoms with Crippen molar-refractivity contribution in [2.45, 2.75) is 18.9 Å². The molecular formula is C19H18FNO4. The average molecular weight is 343 g/mol. The smallest absolute Gasteiger partial charge is 0.309 e. The lowest BCUT2D eigenvalue weighted by Gasteiger charge is -2.34. The third-order valence-electron chi connectivity index (χ3n) is 4.08. The number of rotatable bonds is 5. The maximum Gasteiger partial charge on any atom is 0.309 e. The van der Waals surface area contributed by atoms with E-state index in [1.165, 1.54) is 19.2 Å². The lowest BCUT2D eigenvalue weighted by molar-refractivity contribution is -0.145. The highest BCUT2D eigenvalue weighted by atomic mass is 19.1. The molecule has 0 aliphatic carbocycles. The summed E-state index contributed by atoms with van der Waals surface area (Å²) in [5.74, 6) is -0.535. The lowest BCUT2D eigenvalue weighted by atomic mass is 10.1. The molecule has 0 fully saturated rings. The maximum atomic E-state index is 13.0. The first kappa shape index (κ1) is 17.0. The molecular weight excluding hydrogens is 325 g/mol. The highest BCUT2D eigenvalue weighted by Gasteiger charge is 2.35. The number of ether oxygens (including phenoxy) is 2. The van der Waals surface area contributed by atoms with Crippen LogP contribution in [0.3, 0.4) is 0 Å². The molecule has 2 aromatic carbocycles. The molecule has 130 valence electrons. The Labute approximate surface area is 145 Å². The molecule has 6 heteroatoms. The minimum absolute atomic E-state index is 0.142. The number of para-hydroxylation sites is 2. The van der Waals surface area contributed by atoms with Gasteiger partial charge in [-0.1, -0.05) is 24.3 Å². The van der Waals surface area contributed by atoms with E-state index in [0.29, 0.717) is 24.4 Å². The highest BCUT2D eigenvalue weighted by molar-refractivity contribution is 6.01. The van der Waals surface area contributed by atoms with Crippen molar-refractivity contribution in [3.63, 3.8) is 0 Å². The predicted octanol–water partition coefficient (Wildman–Crippen LogP) is 2.73. The highest BCUT2D eigenvalue weighted by Crippen LogP contribution is 2.34. The number of amides is 1. The van der Waals surface area contributed by atoms with E-state index in [0.717, 1.165) is 5.56 Å². The van der Waals surface area contributed by atoms with Gasteiger partial charge < -0.3 is 14.4 Å². The first-order chi connectivity index (χ1) is 12.1. The minimum Gasteiger partial charge on any atom is -0.478 e. The molecule has 25 heavy (non-hydrogen) atoms. The normalized spacial score (nSPS) is 16.2. The van der Waals surface area contributed by atoms with Gasteiger partial charge in [0.15, 0.2) is 6.10 Å². The fourth-order valence-electron chi connectivity index (χ4n) is 2.76. The Hall–Kier alpha value is -2.89. The molecule has 0 spiro atoms. The molecule has 0 radical (unpaired) electrons. The first-order valence-electron chi connectivity index (χ1n) is 7.97. The second-order valence-corrected chi connectivity index (χ2v) is 5.72. The number of hydrogen-bond acceptors (Lipinski definition) is 4. The van der Waals surface area contributed by atoms with Crippen molar-refractivity contribution in [3.8, 4) is 5.75 Å². The van der Waals surface area contributed by atoms with Gasteiger partial charge in [-0.2, -0.15) is 0 Å². The van der Waals surface area contributed by atoms with Gasteiger partial charge in [-0.25, -0.2) is 4.39 Å². The molecule has 0 bridgehead atoms. The van der Waals surface area contributed by atoms with Crippen LogP contribution in [0.4, 0.5) is 10.1 Å². The van der Waals surface area contributed by atoms with E-state index < -0.39 is 12.1 Å². The van der Waals surface area contributed by atoms with E-state index >= 15 is 0 Å². The van der Waals surface area contributed by atoms with E-state index in [2.05, 4.69) is 4.74 Å². The molecule has 1 aliphatic heterocycles. The van der Waals surface area contributed by atoms with E-state index in [1.807, 2.05) is 12.1 Å². The maximum absolute atomic E-state index is 13.0. The van der Waals surface area contributed by atoms with Crippen molar-refractivity contribution in [1.29, 1.82) is 0 Å². The van der Waals surface area contributed by atoms with E-state index in [1.54, 1.807) is 29.2 Å². The number of methoxy groups -OCH3 is 1. The summed E-state index contributed by atoms with van der Waals surface area (Å²) in [7, 11) is 1.27. The van der Waals surface area contributed by atoms with Crippen LogP contribution in [-0.2, 0) is 20.7 Å². The number of fused-ring (bicyclic) bond motifs is 1. The Morgan fingerprint density at radius 2 is 1.92 bits per heavy atom. The van der Waals surface area contributed by atoms with Crippen LogP contribution in [0.25, 0.3) is 0 Å². The number of carbonyl (C=O) groups is 2. The van der Waals surface area contributed by atoms with Gasteiger partial charge >= 0.3 is 5.97 Å². The molecule has 1 heterocycles. The average Bonchev–Trinajstić information content (AvgIpc) is 2.63. The second-order valence-electron chi connectivity index (χ2n) is 5.72. The Balaban J connectivity index is 1.80. The topological polar surface area (TPSA) is 55.8 Å². The molecule has 0 N–H and O–H groups in total. The Morgan fingerprint density at radius 1 is 1.20 bits per heavy atom. The third-order valence-corrected chi connectivity index (χ3v) is 4.08. The summed E-state index contributed by atoms with van der Waals surface area (Å²) in [6, 6.07) is 13.4. The van der Waals surface area contributed by atoms with Crippen LogP contribution in [0.15, 0.2) is 48.5 Å². The number of esters is 1. The molecule has 1 amide bonds. The second kappa shape index (κ2) is 7.34. The summed E-state index contributed by atoms with van der Waals surface area (Å²) >= 11 is 0. The van der Waals surface area contributed by atoms with Crippen LogP contribution in [0, 0.1) is 5.82 Å². The quantitative estimate of drug-likeness (QED) is 0.784. The van der Waals surface area contributed by atoms with Crippen molar-refractivity contribution in [1.82, 2.24) is 0 Å². The number of hydrogen-bond donors (Lipinski definition) is 0.